The van der Waals surface area contributed by atoms with Crippen LogP contribution >= 0.6 is 0 Å². The summed E-state index contributed by atoms with van der Waals surface area (Å²) in [6.07, 6.45) is 0.915. The number of esters is 1. The second kappa shape index (κ2) is 8.17. The number of methoxy groups -OCH3 is 1. The summed E-state index contributed by atoms with van der Waals surface area (Å²) in [5.41, 5.74) is 4.29. The van der Waals surface area contributed by atoms with Crippen LogP contribution < -0.4 is 10.1 Å². The Kier molecular flexibility index (Phi) is 6.18. The summed E-state index contributed by atoms with van der Waals surface area (Å²) >= 11 is 0. The Hall–Kier alpha value is -2.63. The van der Waals surface area contributed by atoms with Gasteiger partial charge in [0.25, 0.3) is 0 Å². The first-order valence-corrected chi connectivity index (χ1v) is 8.76. The zero-order valence-electron chi connectivity index (χ0n) is 16.6. The molecule has 1 atom stereocenters. The van der Waals surface area contributed by atoms with Gasteiger partial charge < -0.3 is 14.8 Å². The van der Waals surface area contributed by atoms with Gasteiger partial charge in [-0.2, -0.15) is 0 Å². The highest BCUT2D eigenvalue weighted by molar-refractivity contribution is 5.98. The molecule has 0 radical (unpaired) electrons. The van der Waals surface area contributed by atoms with E-state index in [1.54, 1.807) is 0 Å². The second-order valence-corrected chi connectivity index (χ2v) is 6.53. The van der Waals surface area contributed by atoms with Crippen LogP contribution in [0.25, 0.3) is 0 Å². The predicted octanol–water partition coefficient (Wildman–Crippen LogP) is 4.50. The molecule has 0 saturated carbocycles. The van der Waals surface area contributed by atoms with Crippen molar-refractivity contribution in [3.8, 4) is 11.6 Å². The normalized spacial score (nSPS) is 11.8. The van der Waals surface area contributed by atoms with Crippen LogP contribution in [0.2, 0.25) is 0 Å². The summed E-state index contributed by atoms with van der Waals surface area (Å²) in [5.74, 6) is 0.335. The highest BCUT2D eigenvalue weighted by atomic mass is 16.5. The molecule has 1 N–H and O–H groups in total. The molecule has 0 fully saturated rings. The lowest BCUT2D eigenvalue weighted by molar-refractivity contribution is 0.0598. The summed E-state index contributed by atoms with van der Waals surface area (Å²) < 4.78 is 11.0. The van der Waals surface area contributed by atoms with Gasteiger partial charge in [-0.3, -0.25) is 4.98 Å². The molecule has 26 heavy (non-hydrogen) atoms. The third-order valence-corrected chi connectivity index (χ3v) is 4.17. The second-order valence-electron chi connectivity index (χ2n) is 6.53. The monoisotopic (exact) mass is 357 g/mol. The number of anilines is 1. The van der Waals surface area contributed by atoms with Gasteiger partial charge in [0, 0.05) is 17.4 Å². The Morgan fingerprint density at radius 3 is 2.38 bits per heavy atom. The Labute approximate surface area is 155 Å². The van der Waals surface area contributed by atoms with Gasteiger partial charge in [0.15, 0.2) is 5.75 Å². The predicted molar refractivity (Wildman–Crippen MR) is 102 cm³/mol. The van der Waals surface area contributed by atoms with E-state index in [1.807, 2.05) is 39.8 Å². The van der Waals surface area contributed by atoms with E-state index in [0.29, 0.717) is 11.4 Å². The zero-order valence-corrected chi connectivity index (χ0v) is 16.6. The van der Waals surface area contributed by atoms with E-state index in [0.717, 1.165) is 29.1 Å². The fraction of sp³-hybridized carbons (Fsp3) is 0.450. The van der Waals surface area contributed by atoms with Crippen molar-refractivity contribution in [3.63, 3.8) is 0 Å². The first-order valence-electron chi connectivity index (χ1n) is 8.76. The number of carbonyl (C=O) groups excluding carboxylic acids is 1. The Bertz CT molecular complexity index is 795. The van der Waals surface area contributed by atoms with E-state index in [1.165, 1.54) is 7.11 Å². The first kappa shape index (κ1) is 19.7. The van der Waals surface area contributed by atoms with Crippen LogP contribution in [-0.2, 0) is 4.74 Å². The number of carbonyl (C=O) groups is 1. The number of aromatic nitrogens is 2. The standard InChI is InChI=1S/C20H27N3O3/c1-8-12(3)22-16-10-14(5)23-19(17(16)20(24)25-7)26-18-11(2)9-13(4)21-15(18)6/h9-10,12H,8H2,1-7H3,(H,22,23). The van der Waals surface area contributed by atoms with Crippen LogP contribution in [0.4, 0.5) is 5.69 Å². The van der Waals surface area contributed by atoms with E-state index >= 15 is 0 Å². The molecule has 2 heterocycles. The minimum atomic E-state index is -0.492. The number of rotatable bonds is 6. The molecule has 0 saturated heterocycles. The topological polar surface area (TPSA) is 73.3 Å². The van der Waals surface area contributed by atoms with Crippen molar-refractivity contribution in [2.75, 3.05) is 12.4 Å². The summed E-state index contributed by atoms with van der Waals surface area (Å²) in [6.45, 7) is 11.7. The molecule has 0 aliphatic rings. The number of nitrogens with one attached hydrogen (secondary N) is 1. The zero-order chi connectivity index (χ0) is 19.4. The first-order chi connectivity index (χ1) is 12.3. The van der Waals surface area contributed by atoms with Crippen LogP contribution in [0, 0.1) is 27.7 Å². The molecule has 6 heteroatoms. The Morgan fingerprint density at radius 2 is 1.81 bits per heavy atom. The molecule has 0 aliphatic carbocycles. The molecule has 2 aromatic rings. The van der Waals surface area contributed by atoms with E-state index < -0.39 is 5.97 Å². The molecule has 0 spiro atoms. The van der Waals surface area contributed by atoms with Gasteiger partial charge >= 0.3 is 5.97 Å². The summed E-state index contributed by atoms with van der Waals surface area (Å²) in [5, 5.41) is 3.34. The van der Waals surface area contributed by atoms with Gasteiger partial charge in [0.1, 0.15) is 5.56 Å². The highest BCUT2D eigenvalue weighted by Crippen LogP contribution is 2.33. The average molecular weight is 357 g/mol. The average Bonchev–Trinajstić information content (AvgIpc) is 2.57. The number of pyridine rings is 2. The van der Waals surface area contributed by atoms with Crippen molar-refractivity contribution in [2.24, 2.45) is 0 Å². The van der Waals surface area contributed by atoms with Gasteiger partial charge in [-0.25, -0.2) is 9.78 Å². The van der Waals surface area contributed by atoms with Crippen molar-refractivity contribution in [1.29, 1.82) is 0 Å². The molecule has 0 bridgehead atoms. The van der Waals surface area contributed by atoms with Crippen molar-refractivity contribution in [1.82, 2.24) is 9.97 Å². The van der Waals surface area contributed by atoms with Gasteiger partial charge in [-0.1, -0.05) is 6.92 Å². The fourth-order valence-electron chi connectivity index (χ4n) is 2.76. The van der Waals surface area contributed by atoms with Crippen LogP contribution in [0.5, 0.6) is 11.6 Å². The van der Waals surface area contributed by atoms with E-state index in [-0.39, 0.29) is 17.5 Å². The number of hydrogen-bond donors (Lipinski definition) is 1. The molecule has 140 valence electrons. The van der Waals surface area contributed by atoms with Crippen molar-refractivity contribution in [2.45, 2.75) is 54.0 Å². The van der Waals surface area contributed by atoms with Gasteiger partial charge in [0.05, 0.1) is 18.5 Å². The molecular weight excluding hydrogens is 330 g/mol. The smallest absolute Gasteiger partial charge is 0.345 e. The quantitative estimate of drug-likeness (QED) is 0.767. The van der Waals surface area contributed by atoms with Crippen molar-refractivity contribution in [3.05, 3.63) is 40.3 Å². The number of ether oxygens (including phenoxy) is 2. The molecule has 0 aromatic carbocycles. The summed E-state index contributed by atoms with van der Waals surface area (Å²) in [4.78, 5) is 21.3. The fourth-order valence-corrected chi connectivity index (χ4v) is 2.76. The maximum absolute atomic E-state index is 12.5. The largest absolute Gasteiger partial charge is 0.465 e. The maximum atomic E-state index is 12.5. The van der Waals surface area contributed by atoms with Crippen LogP contribution in [0.15, 0.2) is 12.1 Å². The number of nitrogens with zero attached hydrogens (tertiary/aromatic N) is 2. The van der Waals surface area contributed by atoms with E-state index in [2.05, 4.69) is 29.1 Å². The lowest BCUT2D eigenvalue weighted by Gasteiger charge is -2.19. The van der Waals surface area contributed by atoms with E-state index in [4.69, 9.17) is 9.47 Å². The maximum Gasteiger partial charge on any atom is 0.345 e. The molecule has 0 aliphatic heterocycles. The van der Waals surface area contributed by atoms with Crippen molar-refractivity contribution >= 4 is 11.7 Å². The number of aryl methyl sites for hydroxylation is 4. The van der Waals surface area contributed by atoms with Crippen LogP contribution in [0.1, 0.15) is 53.3 Å². The third kappa shape index (κ3) is 4.31. The summed E-state index contributed by atoms with van der Waals surface area (Å²) in [7, 11) is 1.35. The molecule has 6 nitrogen and oxygen atoms in total. The lowest BCUT2D eigenvalue weighted by Crippen LogP contribution is -2.18. The molecule has 2 rings (SSSR count). The molecule has 1 unspecified atom stereocenters. The van der Waals surface area contributed by atoms with Crippen molar-refractivity contribution < 1.29 is 14.3 Å². The van der Waals surface area contributed by atoms with Crippen LogP contribution in [-0.4, -0.2) is 29.1 Å². The minimum absolute atomic E-state index is 0.192. The van der Waals surface area contributed by atoms with Gasteiger partial charge in [0.2, 0.25) is 5.88 Å². The van der Waals surface area contributed by atoms with Gasteiger partial charge in [-0.15, -0.1) is 0 Å². The molecular formula is C20H27N3O3. The highest BCUT2D eigenvalue weighted by Gasteiger charge is 2.23. The Morgan fingerprint density at radius 1 is 1.15 bits per heavy atom. The minimum Gasteiger partial charge on any atom is -0.465 e. The third-order valence-electron chi connectivity index (χ3n) is 4.17. The molecule has 0 amide bonds. The molecule has 2 aromatic heterocycles. The van der Waals surface area contributed by atoms with E-state index in [9.17, 15) is 4.79 Å². The Balaban J connectivity index is 2.59. The summed E-state index contributed by atoms with van der Waals surface area (Å²) in [6, 6.07) is 3.96. The number of hydrogen-bond acceptors (Lipinski definition) is 6. The van der Waals surface area contributed by atoms with Gasteiger partial charge in [-0.05, 0) is 58.7 Å². The van der Waals surface area contributed by atoms with Crippen LogP contribution in [0.3, 0.4) is 0 Å². The SMILES string of the molecule is CCC(C)Nc1cc(C)nc(Oc2c(C)cc(C)nc2C)c1C(=O)OC. The lowest BCUT2D eigenvalue weighted by atomic mass is 10.1.